The van der Waals surface area contributed by atoms with Crippen LogP contribution >= 0.6 is 0 Å². The fraction of sp³-hybridized carbons (Fsp3) is 0.333. The smallest absolute Gasteiger partial charge is 0.0522 e. The van der Waals surface area contributed by atoms with E-state index in [2.05, 4.69) is 24.3 Å². The highest BCUT2D eigenvalue weighted by Gasteiger charge is 2.38. The van der Waals surface area contributed by atoms with Gasteiger partial charge in [-0.15, -0.1) is 0 Å². The molecule has 1 fully saturated rings. The van der Waals surface area contributed by atoms with Crippen LogP contribution in [-0.2, 0) is 0 Å². The molecule has 1 N–H and O–H groups in total. The van der Waals surface area contributed by atoms with Gasteiger partial charge >= 0.3 is 0 Å². The van der Waals surface area contributed by atoms with E-state index < -0.39 is 0 Å². The molecule has 0 aromatic heterocycles. The predicted molar refractivity (Wildman–Crippen MR) is 54.2 cm³/mol. The number of hydrogen-bond donors (Lipinski definition) is 1. The van der Waals surface area contributed by atoms with Crippen LogP contribution in [0.2, 0.25) is 0 Å². The van der Waals surface area contributed by atoms with Crippen molar-refractivity contribution in [2.45, 2.75) is 12.8 Å². The summed E-state index contributed by atoms with van der Waals surface area (Å²) in [6, 6.07) is 10.2. The predicted octanol–water partition coefficient (Wildman–Crippen LogP) is 2.47. The number of aliphatic hydroxyl groups excluding tert-OH is 1. The average Bonchev–Trinajstić information content (AvgIpc) is 2.97. The topological polar surface area (TPSA) is 20.2 Å². The normalized spacial score (nSPS) is 19.2. The summed E-state index contributed by atoms with van der Waals surface area (Å²) in [5.74, 6) is 0. The lowest BCUT2D eigenvalue weighted by atomic mass is 10.1. The standard InChI is InChI=1S/C12H14O/c13-10-12(8-9-12)7-6-11-4-2-1-3-5-11/h1-7,13H,8-10H2/b7-6+. The molecule has 13 heavy (non-hydrogen) atoms. The first-order chi connectivity index (χ1) is 6.35. The summed E-state index contributed by atoms with van der Waals surface area (Å²) in [6.45, 7) is 0.288. The molecular weight excluding hydrogens is 160 g/mol. The maximum Gasteiger partial charge on any atom is 0.0522 e. The first-order valence-electron chi connectivity index (χ1n) is 4.70. The van der Waals surface area contributed by atoms with E-state index in [9.17, 15) is 0 Å². The number of hydrogen-bond acceptors (Lipinski definition) is 1. The zero-order chi connectivity index (χ0) is 9.15. The van der Waals surface area contributed by atoms with Crippen molar-refractivity contribution in [3.05, 3.63) is 42.0 Å². The van der Waals surface area contributed by atoms with Gasteiger partial charge in [0.1, 0.15) is 0 Å². The Hall–Kier alpha value is -1.08. The van der Waals surface area contributed by atoms with Crippen molar-refractivity contribution in [3.63, 3.8) is 0 Å². The van der Waals surface area contributed by atoms with Crippen molar-refractivity contribution >= 4 is 6.08 Å². The molecule has 1 aromatic carbocycles. The molecule has 0 radical (unpaired) electrons. The minimum absolute atomic E-state index is 0.121. The van der Waals surface area contributed by atoms with Gasteiger partial charge in [0.25, 0.3) is 0 Å². The summed E-state index contributed by atoms with van der Waals surface area (Å²) >= 11 is 0. The van der Waals surface area contributed by atoms with Crippen molar-refractivity contribution < 1.29 is 5.11 Å². The third kappa shape index (κ3) is 1.99. The Balaban J connectivity index is 2.06. The van der Waals surface area contributed by atoms with E-state index in [-0.39, 0.29) is 12.0 Å². The van der Waals surface area contributed by atoms with Crippen LogP contribution in [0.1, 0.15) is 18.4 Å². The molecule has 1 aliphatic carbocycles. The first kappa shape index (κ1) is 8.52. The first-order valence-corrected chi connectivity index (χ1v) is 4.70. The second-order valence-corrected chi connectivity index (χ2v) is 3.76. The fourth-order valence-corrected chi connectivity index (χ4v) is 1.38. The maximum atomic E-state index is 9.08. The lowest BCUT2D eigenvalue weighted by molar-refractivity contribution is 0.242. The number of aliphatic hydroxyl groups is 1. The Morgan fingerprint density at radius 2 is 1.92 bits per heavy atom. The van der Waals surface area contributed by atoms with Crippen molar-refractivity contribution in [1.82, 2.24) is 0 Å². The van der Waals surface area contributed by atoms with Crippen LogP contribution in [0.4, 0.5) is 0 Å². The highest BCUT2D eigenvalue weighted by Crippen LogP contribution is 2.46. The Morgan fingerprint density at radius 3 is 2.46 bits per heavy atom. The van der Waals surface area contributed by atoms with Gasteiger partial charge in [-0.1, -0.05) is 42.5 Å². The van der Waals surface area contributed by atoms with Gasteiger partial charge in [-0.25, -0.2) is 0 Å². The number of benzene rings is 1. The summed E-state index contributed by atoms with van der Waals surface area (Å²) in [5, 5.41) is 9.08. The minimum atomic E-state index is 0.121. The van der Waals surface area contributed by atoms with Crippen molar-refractivity contribution in [1.29, 1.82) is 0 Å². The van der Waals surface area contributed by atoms with Gasteiger partial charge in [0.15, 0.2) is 0 Å². The van der Waals surface area contributed by atoms with Crippen LogP contribution in [0.25, 0.3) is 6.08 Å². The highest BCUT2D eigenvalue weighted by molar-refractivity contribution is 5.50. The molecule has 0 aliphatic heterocycles. The monoisotopic (exact) mass is 174 g/mol. The van der Waals surface area contributed by atoms with E-state index in [0.29, 0.717) is 0 Å². The third-order valence-electron chi connectivity index (χ3n) is 2.64. The van der Waals surface area contributed by atoms with Gasteiger partial charge in [0.2, 0.25) is 0 Å². The van der Waals surface area contributed by atoms with Crippen LogP contribution in [0.15, 0.2) is 36.4 Å². The van der Waals surface area contributed by atoms with Crippen LogP contribution in [-0.4, -0.2) is 11.7 Å². The van der Waals surface area contributed by atoms with Gasteiger partial charge in [-0.05, 0) is 18.4 Å². The maximum absolute atomic E-state index is 9.08. The van der Waals surface area contributed by atoms with Crippen molar-refractivity contribution in [2.75, 3.05) is 6.61 Å². The van der Waals surface area contributed by atoms with Gasteiger partial charge in [-0.3, -0.25) is 0 Å². The van der Waals surface area contributed by atoms with Crippen LogP contribution in [0.5, 0.6) is 0 Å². The SMILES string of the molecule is OCC1(/C=C/c2ccccc2)CC1. The van der Waals surface area contributed by atoms with E-state index in [0.717, 1.165) is 12.8 Å². The van der Waals surface area contributed by atoms with E-state index in [4.69, 9.17) is 5.11 Å². The molecule has 0 bridgehead atoms. The summed E-state index contributed by atoms with van der Waals surface area (Å²) in [5.41, 5.74) is 1.33. The van der Waals surface area contributed by atoms with Crippen molar-refractivity contribution in [2.24, 2.45) is 5.41 Å². The van der Waals surface area contributed by atoms with Gasteiger partial charge in [0, 0.05) is 5.41 Å². The third-order valence-corrected chi connectivity index (χ3v) is 2.64. The summed E-state index contributed by atoms with van der Waals surface area (Å²) in [4.78, 5) is 0. The Bertz CT molecular complexity index is 296. The lowest BCUT2D eigenvalue weighted by Gasteiger charge is -2.02. The molecule has 1 aromatic rings. The van der Waals surface area contributed by atoms with E-state index in [1.165, 1.54) is 5.56 Å². The quantitative estimate of drug-likeness (QED) is 0.746. The molecule has 0 spiro atoms. The second kappa shape index (κ2) is 3.35. The van der Waals surface area contributed by atoms with Crippen molar-refractivity contribution in [3.8, 4) is 0 Å². The van der Waals surface area contributed by atoms with E-state index in [1.807, 2.05) is 18.2 Å². The van der Waals surface area contributed by atoms with Gasteiger partial charge < -0.3 is 5.11 Å². The fourth-order valence-electron chi connectivity index (χ4n) is 1.38. The molecular formula is C12H14O. The molecule has 68 valence electrons. The van der Waals surface area contributed by atoms with Crippen LogP contribution in [0, 0.1) is 5.41 Å². The van der Waals surface area contributed by atoms with E-state index >= 15 is 0 Å². The molecule has 1 heteroatoms. The summed E-state index contributed by atoms with van der Waals surface area (Å²) in [7, 11) is 0. The molecule has 1 saturated carbocycles. The van der Waals surface area contributed by atoms with Gasteiger partial charge in [-0.2, -0.15) is 0 Å². The highest BCUT2D eigenvalue weighted by atomic mass is 16.3. The molecule has 0 saturated heterocycles. The summed E-state index contributed by atoms with van der Waals surface area (Å²) < 4.78 is 0. The molecule has 0 heterocycles. The minimum Gasteiger partial charge on any atom is -0.395 e. The second-order valence-electron chi connectivity index (χ2n) is 3.76. The Morgan fingerprint density at radius 1 is 1.23 bits per heavy atom. The molecule has 2 rings (SSSR count). The molecule has 0 amide bonds. The zero-order valence-corrected chi connectivity index (χ0v) is 7.61. The molecule has 0 atom stereocenters. The Kier molecular flexibility index (Phi) is 2.19. The molecule has 1 nitrogen and oxygen atoms in total. The lowest BCUT2D eigenvalue weighted by Crippen LogP contribution is -2.00. The molecule has 0 unspecified atom stereocenters. The largest absolute Gasteiger partial charge is 0.395 e. The summed E-state index contributed by atoms with van der Waals surface area (Å²) in [6.07, 6.45) is 6.51. The number of rotatable bonds is 3. The van der Waals surface area contributed by atoms with Gasteiger partial charge in [0.05, 0.1) is 6.61 Å². The zero-order valence-electron chi connectivity index (χ0n) is 7.61. The Labute approximate surface area is 78.7 Å². The molecule has 1 aliphatic rings. The van der Waals surface area contributed by atoms with Crippen LogP contribution in [0.3, 0.4) is 0 Å². The van der Waals surface area contributed by atoms with Crippen LogP contribution < -0.4 is 0 Å². The average molecular weight is 174 g/mol. The van der Waals surface area contributed by atoms with E-state index in [1.54, 1.807) is 0 Å².